The molecular weight excluding hydrogens is 530 g/mol. The van der Waals surface area contributed by atoms with Crippen LogP contribution in [0.3, 0.4) is 0 Å². The highest BCUT2D eigenvalue weighted by molar-refractivity contribution is 14.0. The van der Waals surface area contributed by atoms with Gasteiger partial charge in [0.25, 0.3) is 0 Å². The van der Waals surface area contributed by atoms with Crippen LogP contribution >= 0.6 is 24.0 Å². The fourth-order valence-electron chi connectivity index (χ4n) is 2.73. The van der Waals surface area contributed by atoms with Crippen molar-refractivity contribution in [3.63, 3.8) is 0 Å². The van der Waals surface area contributed by atoms with Gasteiger partial charge >= 0.3 is 6.61 Å². The fraction of sp³-hybridized carbons (Fsp3) is 0.350. The molecule has 0 aliphatic carbocycles. The maximum Gasteiger partial charge on any atom is 0.387 e. The number of aliphatic imine (C=N–C) groups is 1. The summed E-state index contributed by atoms with van der Waals surface area (Å²) in [4.78, 5) is 4.05. The Hall–Kier alpha value is -2.57. The highest BCUT2D eigenvalue weighted by Crippen LogP contribution is 2.38. The number of ether oxygens (including phenoxy) is 4. The Labute approximate surface area is 195 Å². The van der Waals surface area contributed by atoms with Crippen molar-refractivity contribution in [3.8, 4) is 23.0 Å². The van der Waals surface area contributed by atoms with E-state index in [4.69, 9.17) is 14.2 Å². The third-order valence-electron chi connectivity index (χ3n) is 4.13. The van der Waals surface area contributed by atoms with E-state index in [1.165, 1.54) is 46.6 Å². The Morgan fingerprint density at radius 2 is 1.58 bits per heavy atom. The first-order chi connectivity index (χ1) is 14.4. The van der Waals surface area contributed by atoms with Crippen LogP contribution in [-0.4, -0.2) is 40.9 Å². The Bertz CT molecular complexity index is 860. The largest absolute Gasteiger partial charge is 0.493 e. The predicted molar refractivity (Wildman–Crippen MR) is 122 cm³/mol. The molecule has 0 radical (unpaired) electrons. The first kappa shape index (κ1) is 26.5. The second-order valence-corrected chi connectivity index (χ2v) is 5.91. The van der Waals surface area contributed by atoms with Crippen molar-refractivity contribution in [3.05, 3.63) is 47.3 Å². The zero-order valence-electron chi connectivity index (χ0n) is 17.5. The molecule has 0 spiro atoms. The van der Waals surface area contributed by atoms with E-state index in [0.717, 1.165) is 5.56 Å². The van der Waals surface area contributed by atoms with Crippen LogP contribution in [0.5, 0.6) is 23.0 Å². The lowest BCUT2D eigenvalue weighted by Gasteiger charge is -2.17. The summed E-state index contributed by atoms with van der Waals surface area (Å²) in [7, 11) is 6.08. The number of alkyl halides is 2. The van der Waals surface area contributed by atoms with Crippen molar-refractivity contribution in [1.29, 1.82) is 0 Å². The van der Waals surface area contributed by atoms with E-state index in [1.807, 2.05) is 0 Å². The van der Waals surface area contributed by atoms with Crippen LogP contribution in [0.4, 0.5) is 13.2 Å². The van der Waals surface area contributed by atoms with Crippen molar-refractivity contribution in [1.82, 2.24) is 10.6 Å². The molecule has 0 amide bonds. The summed E-state index contributed by atoms with van der Waals surface area (Å²) in [6.45, 7) is -2.83. The zero-order chi connectivity index (χ0) is 22.1. The molecule has 31 heavy (non-hydrogen) atoms. The molecule has 0 unspecified atom stereocenters. The van der Waals surface area contributed by atoms with Gasteiger partial charge in [0.05, 0.1) is 21.3 Å². The Kier molecular flexibility index (Phi) is 11.1. The molecular formula is C20H25F3IN3O4. The monoisotopic (exact) mass is 555 g/mol. The van der Waals surface area contributed by atoms with Gasteiger partial charge in [0.15, 0.2) is 17.5 Å². The number of nitrogens with one attached hydrogen (secondary N) is 2. The lowest BCUT2D eigenvalue weighted by Crippen LogP contribution is -2.36. The summed E-state index contributed by atoms with van der Waals surface area (Å²) in [5.74, 6) is 0.888. The van der Waals surface area contributed by atoms with Gasteiger partial charge in [-0.3, -0.25) is 4.99 Å². The topological polar surface area (TPSA) is 73.3 Å². The van der Waals surface area contributed by atoms with Gasteiger partial charge < -0.3 is 29.6 Å². The summed E-state index contributed by atoms with van der Waals surface area (Å²) in [6.07, 6.45) is 0. The van der Waals surface area contributed by atoms with Gasteiger partial charge in [-0.25, -0.2) is 4.39 Å². The van der Waals surface area contributed by atoms with Crippen LogP contribution in [-0.2, 0) is 13.1 Å². The van der Waals surface area contributed by atoms with Gasteiger partial charge in [-0.1, -0.05) is 6.07 Å². The minimum absolute atomic E-state index is 0. The molecule has 0 atom stereocenters. The van der Waals surface area contributed by atoms with Crippen LogP contribution in [0.2, 0.25) is 0 Å². The summed E-state index contributed by atoms with van der Waals surface area (Å²) < 4.78 is 59.5. The fourth-order valence-corrected chi connectivity index (χ4v) is 2.73. The number of hydrogen-bond donors (Lipinski definition) is 2. The average molecular weight is 555 g/mol. The van der Waals surface area contributed by atoms with Crippen LogP contribution in [0, 0.1) is 5.82 Å². The lowest BCUT2D eigenvalue weighted by molar-refractivity contribution is -0.0506. The summed E-state index contributed by atoms with van der Waals surface area (Å²) >= 11 is 0. The highest BCUT2D eigenvalue weighted by Gasteiger charge is 2.15. The lowest BCUT2D eigenvalue weighted by atomic mass is 10.1. The number of rotatable bonds is 9. The maximum atomic E-state index is 14.1. The molecule has 2 rings (SSSR count). The summed E-state index contributed by atoms with van der Waals surface area (Å²) in [5, 5.41) is 5.93. The van der Waals surface area contributed by atoms with Crippen molar-refractivity contribution < 1.29 is 32.1 Å². The van der Waals surface area contributed by atoms with E-state index in [-0.39, 0.29) is 41.8 Å². The van der Waals surface area contributed by atoms with Crippen LogP contribution in [0.15, 0.2) is 35.3 Å². The van der Waals surface area contributed by atoms with Crippen LogP contribution in [0.1, 0.15) is 11.1 Å². The van der Waals surface area contributed by atoms with Gasteiger partial charge in [-0.15, -0.1) is 24.0 Å². The number of methoxy groups -OCH3 is 3. The SMILES string of the molecule is CN=C(NCc1cc(OC)c(OC)c(OC)c1)NCc1c(F)cccc1OC(F)F.I. The number of halogens is 4. The number of nitrogens with zero attached hydrogens (tertiary/aromatic N) is 1. The van der Waals surface area contributed by atoms with E-state index >= 15 is 0 Å². The molecule has 0 saturated carbocycles. The van der Waals surface area contributed by atoms with Gasteiger partial charge in [0, 0.05) is 25.7 Å². The summed E-state index contributed by atoms with van der Waals surface area (Å²) in [6, 6.07) is 7.29. The standard InChI is InChI=1S/C20H24F3N3O4.HI/c1-24-20(26-11-13-14(21)6-5-7-15(13)30-19(22)23)25-10-12-8-16(27-2)18(29-4)17(9-12)28-3;/h5-9,19H,10-11H2,1-4H3,(H2,24,25,26);1H. The van der Waals surface area contributed by atoms with E-state index in [2.05, 4.69) is 20.4 Å². The van der Waals surface area contributed by atoms with Gasteiger partial charge in [-0.2, -0.15) is 8.78 Å². The smallest absolute Gasteiger partial charge is 0.387 e. The van der Waals surface area contributed by atoms with Crippen molar-refractivity contribution in [2.75, 3.05) is 28.4 Å². The first-order valence-corrected chi connectivity index (χ1v) is 8.89. The number of benzene rings is 2. The second-order valence-electron chi connectivity index (χ2n) is 5.91. The van der Waals surface area contributed by atoms with Crippen molar-refractivity contribution in [2.45, 2.75) is 19.7 Å². The van der Waals surface area contributed by atoms with E-state index in [1.54, 1.807) is 12.1 Å². The van der Waals surface area contributed by atoms with Gasteiger partial charge in [0.1, 0.15) is 11.6 Å². The van der Waals surface area contributed by atoms with E-state index in [9.17, 15) is 13.2 Å². The average Bonchev–Trinajstić information content (AvgIpc) is 2.73. The molecule has 0 aromatic heterocycles. The number of guanidine groups is 1. The first-order valence-electron chi connectivity index (χ1n) is 8.89. The Balaban J connectivity index is 0.00000480. The quantitative estimate of drug-likeness (QED) is 0.278. The molecule has 0 bridgehead atoms. The molecule has 0 fully saturated rings. The molecule has 0 heterocycles. The zero-order valence-corrected chi connectivity index (χ0v) is 19.8. The van der Waals surface area contributed by atoms with Crippen LogP contribution < -0.4 is 29.6 Å². The molecule has 11 heteroatoms. The summed E-state index contributed by atoms with van der Waals surface area (Å²) in [5.41, 5.74) is 0.772. The molecule has 0 saturated heterocycles. The normalized spacial score (nSPS) is 10.9. The molecule has 2 aromatic carbocycles. The Morgan fingerprint density at radius 1 is 0.968 bits per heavy atom. The third-order valence-corrected chi connectivity index (χ3v) is 4.13. The predicted octanol–water partition coefficient (Wildman–Crippen LogP) is 3.94. The molecule has 172 valence electrons. The molecule has 0 aliphatic rings. The minimum Gasteiger partial charge on any atom is -0.493 e. The molecule has 2 N–H and O–H groups in total. The minimum atomic E-state index is -3.05. The van der Waals surface area contributed by atoms with Crippen LogP contribution in [0.25, 0.3) is 0 Å². The second kappa shape index (κ2) is 13.0. The number of hydrogen-bond acceptors (Lipinski definition) is 5. The van der Waals surface area contributed by atoms with Crippen molar-refractivity contribution in [2.24, 2.45) is 4.99 Å². The third kappa shape index (κ3) is 7.26. The molecule has 7 nitrogen and oxygen atoms in total. The molecule has 2 aromatic rings. The molecule has 0 aliphatic heterocycles. The highest BCUT2D eigenvalue weighted by atomic mass is 127. The Morgan fingerprint density at radius 3 is 2.10 bits per heavy atom. The van der Waals surface area contributed by atoms with Crippen molar-refractivity contribution >= 4 is 29.9 Å². The van der Waals surface area contributed by atoms with E-state index < -0.39 is 12.4 Å². The van der Waals surface area contributed by atoms with Gasteiger partial charge in [0.2, 0.25) is 5.75 Å². The maximum absolute atomic E-state index is 14.1. The van der Waals surface area contributed by atoms with Gasteiger partial charge in [-0.05, 0) is 29.8 Å². The van der Waals surface area contributed by atoms with E-state index in [0.29, 0.717) is 29.8 Å².